The van der Waals surface area contributed by atoms with Crippen molar-refractivity contribution in [2.75, 3.05) is 13.2 Å². The summed E-state index contributed by atoms with van der Waals surface area (Å²) >= 11 is 0. The van der Waals surface area contributed by atoms with Crippen LogP contribution in [-0.2, 0) is 28.6 Å². The molecule has 0 saturated heterocycles. The number of esters is 3. The minimum absolute atomic E-state index is 0.0647. The smallest absolute Gasteiger partial charge is 0.306 e. The van der Waals surface area contributed by atoms with Gasteiger partial charge in [-0.05, 0) is 44.9 Å². The lowest BCUT2D eigenvalue weighted by atomic mass is 10.0. The van der Waals surface area contributed by atoms with E-state index in [0.717, 1.165) is 57.8 Å². The minimum Gasteiger partial charge on any atom is -0.462 e. The Bertz CT molecular complexity index is 1070. The van der Waals surface area contributed by atoms with Crippen LogP contribution in [0.25, 0.3) is 0 Å². The zero-order chi connectivity index (χ0) is 50.0. The maximum absolute atomic E-state index is 12.9. The van der Waals surface area contributed by atoms with E-state index in [4.69, 9.17) is 14.2 Å². The van der Waals surface area contributed by atoms with Crippen LogP contribution in [0.4, 0.5) is 0 Å². The molecule has 0 radical (unpaired) electrons. The molecule has 408 valence electrons. The highest BCUT2D eigenvalue weighted by atomic mass is 16.6. The summed E-state index contributed by atoms with van der Waals surface area (Å²) in [7, 11) is 0. The molecule has 0 bridgehead atoms. The maximum Gasteiger partial charge on any atom is 0.306 e. The molecule has 6 nitrogen and oxygen atoms in total. The van der Waals surface area contributed by atoms with Crippen molar-refractivity contribution >= 4 is 17.9 Å². The lowest BCUT2D eigenvalue weighted by molar-refractivity contribution is -0.167. The predicted molar refractivity (Wildman–Crippen MR) is 298 cm³/mol. The summed E-state index contributed by atoms with van der Waals surface area (Å²) < 4.78 is 16.9. The Labute approximate surface area is 431 Å². The lowest BCUT2D eigenvalue weighted by Gasteiger charge is -2.18. The van der Waals surface area contributed by atoms with Crippen molar-refractivity contribution in [3.05, 3.63) is 12.2 Å². The van der Waals surface area contributed by atoms with Gasteiger partial charge in [0.2, 0.25) is 0 Å². The summed E-state index contributed by atoms with van der Waals surface area (Å²) in [5.74, 6) is -0.840. The first-order chi connectivity index (χ1) is 34.0. The first kappa shape index (κ1) is 67.1. The Morgan fingerprint density at radius 3 is 0.739 bits per heavy atom. The number of hydrogen-bond donors (Lipinski definition) is 0. The van der Waals surface area contributed by atoms with Crippen LogP contribution >= 0.6 is 0 Å². The van der Waals surface area contributed by atoms with Crippen molar-refractivity contribution in [2.24, 2.45) is 0 Å². The molecule has 69 heavy (non-hydrogen) atoms. The standard InChI is InChI=1S/C63H120O6/c1-4-7-10-13-16-19-22-25-28-30-31-33-35-38-41-44-47-50-53-56-62(65)68-59-60(58-67-61(64)55-52-49-46-43-40-37-34-27-24-21-18-15-12-9-6-3)69-63(66)57-54-51-48-45-42-39-36-32-29-26-23-20-17-14-11-8-5-2/h21,24,60H,4-20,22-23,25-59H2,1-3H3/b24-21+/t60-/m1/s1. The van der Waals surface area contributed by atoms with E-state index in [0.29, 0.717) is 19.3 Å². The van der Waals surface area contributed by atoms with Gasteiger partial charge in [-0.2, -0.15) is 0 Å². The highest BCUT2D eigenvalue weighted by Gasteiger charge is 2.19. The molecule has 0 unspecified atom stereocenters. The Morgan fingerprint density at radius 2 is 0.478 bits per heavy atom. The van der Waals surface area contributed by atoms with E-state index >= 15 is 0 Å². The fourth-order valence-corrected chi connectivity index (χ4v) is 9.56. The van der Waals surface area contributed by atoms with Gasteiger partial charge in [0.05, 0.1) is 0 Å². The fraction of sp³-hybridized carbons (Fsp3) is 0.921. The van der Waals surface area contributed by atoms with Crippen LogP contribution in [0.2, 0.25) is 0 Å². The molecule has 0 rings (SSSR count). The second kappa shape index (κ2) is 58.7. The van der Waals surface area contributed by atoms with E-state index in [1.165, 1.54) is 257 Å². The highest BCUT2D eigenvalue weighted by Crippen LogP contribution is 2.18. The summed E-state index contributed by atoms with van der Waals surface area (Å²) in [4.78, 5) is 38.3. The third-order valence-corrected chi connectivity index (χ3v) is 14.3. The third kappa shape index (κ3) is 56.9. The van der Waals surface area contributed by atoms with E-state index in [-0.39, 0.29) is 31.1 Å². The fourth-order valence-electron chi connectivity index (χ4n) is 9.56. The molecule has 0 heterocycles. The van der Waals surface area contributed by atoms with Gasteiger partial charge in [0, 0.05) is 19.3 Å². The van der Waals surface area contributed by atoms with Crippen LogP contribution in [-0.4, -0.2) is 37.2 Å². The highest BCUT2D eigenvalue weighted by molar-refractivity contribution is 5.71. The van der Waals surface area contributed by atoms with E-state index in [2.05, 4.69) is 32.9 Å². The molecule has 0 N–H and O–H groups in total. The van der Waals surface area contributed by atoms with Gasteiger partial charge in [0.1, 0.15) is 13.2 Å². The molecule has 0 fully saturated rings. The molecule has 0 aromatic heterocycles. The predicted octanol–water partition coefficient (Wildman–Crippen LogP) is 20.9. The molecule has 6 heteroatoms. The molecule has 0 aromatic carbocycles. The van der Waals surface area contributed by atoms with Gasteiger partial charge < -0.3 is 14.2 Å². The first-order valence-electron chi connectivity index (χ1n) is 31.2. The third-order valence-electron chi connectivity index (χ3n) is 14.3. The first-order valence-corrected chi connectivity index (χ1v) is 31.2. The van der Waals surface area contributed by atoms with Crippen LogP contribution in [0.3, 0.4) is 0 Å². The summed E-state index contributed by atoms with van der Waals surface area (Å²) in [6.07, 6.45) is 67.8. The molecule has 0 amide bonds. The van der Waals surface area contributed by atoms with Crippen LogP contribution in [0.15, 0.2) is 12.2 Å². The molecular weight excluding hydrogens is 853 g/mol. The molecule has 0 aliphatic heterocycles. The number of carbonyl (C=O) groups is 3. The van der Waals surface area contributed by atoms with Gasteiger partial charge in [-0.1, -0.05) is 303 Å². The van der Waals surface area contributed by atoms with Gasteiger partial charge in [-0.15, -0.1) is 0 Å². The van der Waals surface area contributed by atoms with Gasteiger partial charge in [0.15, 0.2) is 6.10 Å². The number of rotatable bonds is 58. The minimum atomic E-state index is -0.766. The maximum atomic E-state index is 12.9. The Balaban J connectivity index is 4.29. The van der Waals surface area contributed by atoms with Gasteiger partial charge >= 0.3 is 17.9 Å². The second-order valence-electron chi connectivity index (χ2n) is 21.3. The van der Waals surface area contributed by atoms with Crippen molar-refractivity contribution in [3.63, 3.8) is 0 Å². The van der Waals surface area contributed by atoms with Crippen LogP contribution in [0.5, 0.6) is 0 Å². The number of hydrogen-bond acceptors (Lipinski definition) is 6. The van der Waals surface area contributed by atoms with Crippen molar-refractivity contribution in [1.29, 1.82) is 0 Å². The topological polar surface area (TPSA) is 78.9 Å². The second-order valence-corrected chi connectivity index (χ2v) is 21.3. The molecule has 1 atom stereocenters. The lowest BCUT2D eigenvalue weighted by Crippen LogP contribution is -2.30. The van der Waals surface area contributed by atoms with Crippen molar-refractivity contribution in [1.82, 2.24) is 0 Å². The number of allylic oxidation sites excluding steroid dienone is 2. The van der Waals surface area contributed by atoms with Crippen LogP contribution < -0.4 is 0 Å². The van der Waals surface area contributed by atoms with Crippen LogP contribution in [0, 0.1) is 0 Å². The molecule has 0 spiro atoms. The summed E-state index contributed by atoms with van der Waals surface area (Å²) in [6, 6.07) is 0. The van der Waals surface area contributed by atoms with Gasteiger partial charge in [-0.25, -0.2) is 0 Å². The van der Waals surface area contributed by atoms with Gasteiger partial charge in [-0.3, -0.25) is 14.4 Å². The Morgan fingerprint density at radius 1 is 0.275 bits per heavy atom. The molecule has 0 aliphatic carbocycles. The van der Waals surface area contributed by atoms with Crippen molar-refractivity contribution < 1.29 is 28.6 Å². The van der Waals surface area contributed by atoms with E-state index in [9.17, 15) is 14.4 Å². The van der Waals surface area contributed by atoms with Gasteiger partial charge in [0.25, 0.3) is 0 Å². The molecule has 0 aromatic rings. The zero-order valence-corrected chi connectivity index (χ0v) is 46.9. The average Bonchev–Trinajstić information content (AvgIpc) is 3.35. The summed E-state index contributed by atoms with van der Waals surface area (Å²) in [5.41, 5.74) is 0. The number of ether oxygens (including phenoxy) is 3. The molecule has 0 aliphatic rings. The SMILES string of the molecule is CCCCCC/C=C/CCCCCCCCCC(=O)OC[C@H](COC(=O)CCCCCCCCCCCCCCCCCCCCC)OC(=O)CCCCCCCCCCCCCCCCCCC. The zero-order valence-electron chi connectivity index (χ0n) is 46.9. The van der Waals surface area contributed by atoms with Crippen molar-refractivity contribution in [3.8, 4) is 0 Å². The van der Waals surface area contributed by atoms with E-state index < -0.39 is 6.10 Å². The quantitative estimate of drug-likeness (QED) is 0.0261. The average molecular weight is 974 g/mol. The van der Waals surface area contributed by atoms with E-state index in [1.807, 2.05) is 0 Å². The Hall–Kier alpha value is -1.85. The summed E-state index contributed by atoms with van der Waals surface area (Å²) in [6.45, 7) is 6.70. The normalized spacial score (nSPS) is 12.0. The monoisotopic (exact) mass is 973 g/mol. The Kier molecular flexibility index (Phi) is 57.1. The molecule has 0 saturated carbocycles. The summed E-state index contributed by atoms with van der Waals surface area (Å²) in [5, 5.41) is 0. The van der Waals surface area contributed by atoms with Crippen LogP contribution in [0.1, 0.15) is 355 Å². The van der Waals surface area contributed by atoms with E-state index in [1.54, 1.807) is 0 Å². The number of unbranched alkanes of at least 4 members (excludes halogenated alkanes) is 45. The molecular formula is C63H120O6. The number of carbonyl (C=O) groups excluding carboxylic acids is 3. The largest absolute Gasteiger partial charge is 0.462 e. The van der Waals surface area contributed by atoms with Crippen molar-refractivity contribution in [2.45, 2.75) is 361 Å².